The third-order valence-electron chi connectivity index (χ3n) is 4.31. The monoisotopic (exact) mass is 261 g/mol. The maximum absolute atomic E-state index is 6.04. The van der Waals surface area contributed by atoms with Crippen LogP contribution in [0.4, 0.5) is 11.8 Å². The number of piperidine rings is 1. The van der Waals surface area contributed by atoms with Crippen molar-refractivity contribution in [2.24, 2.45) is 5.73 Å². The van der Waals surface area contributed by atoms with Gasteiger partial charge in [-0.25, -0.2) is 4.98 Å². The van der Waals surface area contributed by atoms with Crippen LogP contribution in [0.25, 0.3) is 0 Å². The van der Waals surface area contributed by atoms with Crippen LogP contribution in [0.1, 0.15) is 50.1 Å². The minimum atomic E-state index is 0.250. The van der Waals surface area contributed by atoms with Crippen molar-refractivity contribution in [3.63, 3.8) is 0 Å². The summed E-state index contributed by atoms with van der Waals surface area (Å²) in [6.07, 6.45) is 7.30. The Bertz CT molecular complexity index is 441. The van der Waals surface area contributed by atoms with Gasteiger partial charge in [-0.3, -0.25) is 0 Å². The summed E-state index contributed by atoms with van der Waals surface area (Å²) in [6.45, 7) is 1.90. The number of anilines is 2. The third kappa shape index (κ3) is 2.81. The second-order valence-corrected chi connectivity index (χ2v) is 5.84. The van der Waals surface area contributed by atoms with Gasteiger partial charge in [-0.15, -0.1) is 0 Å². The predicted molar refractivity (Wildman–Crippen MR) is 77.1 cm³/mol. The Balaban J connectivity index is 1.84. The summed E-state index contributed by atoms with van der Waals surface area (Å²) in [6, 6.07) is 2.38. The van der Waals surface area contributed by atoms with Gasteiger partial charge in [0.1, 0.15) is 5.82 Å². The number of aromatic nitrogens is 2. The average molecular weight is 261 g/mol. The van der Waals surface area contributed by atoms with Crippen molar-refractivity contribution in [1.82, 2.24) is 9.97 Å². The van der Waals surface area contributed by atoms with Gasteiger partial charge in [0.25, 0.3) is 0 Å². The molecule has 0 spiro atoms. The van der Waals surface area contributed by atoms with Crippen LogP contribution in [0.2, 0.25) is 0 Å². The predicted octanol–water partition coefficient (Wildman–Crippen LogP) is 1.64. The van der Waals surface area contributed by atoms with Gasteiger partial charge in [0.05, 0.1) is 5.69 Å². The van der Waals surface area contributed by atoms with Crippen LogP contribution in [0.5, 0.6) is 0 Å². The standard InChI is InChI=1S/C14H23N5/c15-11-6-3-7-19(9-11)13-8-12(17-14(16)18-13)10-4-1-2-5-10/h8,10-11H,1-7,9,15H2,(H2,16,17,18). The summed E-state index contributed by atoms with van der Waals surface area (Å²) in [4.78, 5) is 11.1. The van der Waals surface area contributed by atoms with Gasteiger partial charge in [-0.2, -0.15) is 4.98 Å². The highest BCUT2D eigenvalue weighted by Gasteiger charge is 2.23. The molecule has 0 aromatic carbocycles. The molecule has 2 heterocycles. The quantitative estimate of drug-likeness (QED) is 0.846. The first-order valence-corrected chi connectivity index (χ1v) is 7.37. The first-order chi connectivity index (χ1) is 9.22. The van der Waals surface area contributed by atoms with E-state index < -0.39 is 0 Å². The van der Waals surface area contributed by atoms with Gasteiger partial charge in [0.15, 0.2) is 0 Å². The molecule has 5 heteroatoms. The van der Waals surface area contributed by atoms with Crippen molar-refractivity contribution < 1.29 is 0 Å². The highest BCUT2D eigenvalue weighted by Crippen LogP contribution is 2.34. The van der Waals surface area contributed by atoms with E-state index in [0.717, 1.165) is 37.4 Å². The molecule has 2 fully saturated rings. The molecule has 2 aliphatic rings. The van der Waals surface area contributed by atoms with E-state index in [1.807, 2.05) is 0 Å². The van der Waals surface area contributed by atoms with E-state index in [2.05, 4.69) is 20.9 Å². The lowest BCUT2D eigenvalue weighted by molar-refractivity contribution is 0.502. The second-order valence-electron chi connectivity index (χ2n) is 5.84. The Morgan fingerprint density at radius 1 is 1.11 bits per heavy atom. The molecule has 0 bridgehead atoms. The second kappa shape index (κ2) is 5.33. The molecular weight excluding hydrogens is 238 g/mol. The van der Waals surface area contributed by atoms with Crippen LogP contribution in [0.15, 0.2) is 6.07 Å². The average Bonchev–Trinajstić information content (AvgIpc) is 2.92. The fourth-order valence-corrected chi connectivity index (χ4v) is 3.28. The largest absolute Gasteiger partial charge is 0.368 e. The Hall–Kier alpha value is -1.36. The molecule has 1 aromatic heterocycles. The van der Waals surface area contributed by atoms with Crippen molar-refractivity contribution in [1.29, 1.82) is 0 Å². The summed E-state index contributed by atoms with van der Waals surface area (Å²) in [5.41, 5.74) is 13.1. The van der Waals surface area contributed by atoms with Crippen LogP contribution in [-0.2, 0) is 0 Å². The van der Waals surface area contributed by atoms with E-state index in [-0.39, 0.29) is 6.04 Å². The summed E-state index contributed by atoms with van der Waals surface area (Å²) < 4.78 is 0. The molecule has 5 nitrogen and oxygen atoms in total. The number of hydrogen-bond acceptors (Lipinski definition) is 5. The van der Waals surface area contributed by atoms with E-state index in [1.54, 1.807) is 0 Å². The van der Waals surface area contributed by atoms with E-state index in [9.17, 15) is 0 Å². The third-order valence-corrected chi connectivity index (χ3v) is 4.31. The summed E-state index contributed by atoms with van der Waals surface area (Å²) in [5.74, 6) is 1.94. The molecule has 0 radical (unpaired) electrons. The van der Waals surface area contributed by atoms with Crippen LogP contribution < -0.4 is 16.4 Å². The lowest BCUT2D eigenvalue weighted by Gasteiger charge is -2.32. The zero-order valence-corrected chi connectivity index (χ0v) is 11.4. The molecule has 19 heavy (non-hydrogen) atoms. The summed E-state index contributed by atoms with van der Waals surface area (Å²) >= 11 is 0. The molecular formula is C14H23N5. The van der Waals surface area contributed by atoms with Crippen molar-refractivity contribution in [2.45, 2.75) is 50.5 Å². The first-order valence-electron chi connectivity index (χ1n) is 7.37. The highest BCUT2D eigenvalue weighted by molar-refractivity contribution is 5.45. The van der Waals surface area contributed by atoms with Gasteiger partial charge < -0.3 is 16.4 Å². The molecule has 1 unspecified atom stereocenters. The van der Waals surface area contributed by atoms with E-state index in [0.29, 0.717) is 11.9 Å². The molecule has 1 atom stereocenters. The molecule has 3 rings (SSSR count). The topological polar surface area (TPSA) is 81.1 Å². The van der Waals surface area contributed by atoms with Crippen LogP contribution >= 0.6 is 0 Å². The summed E-state index contributed by atoms with van der Waals surface area (Å²) in [5, 5.41) is 0. The number of nitrogens with two attached hydrogens (primary N) is 2. The van der Waals surface area contributed by atoms with Gasteiger partial charge in [-0.1, -0.05) is 12.8 Å². The molecule has 4 N–H and O–H groups in total. The van der Waals surface area contributed by atoms with Crippen molar-refractivity contribution in [3.05, 3.63) is 11.8 Å². The summed E-state index contributed by atoms with van der Waals surface area (Å²) in [7, 11) is 0. The fourth-order valence-electron chi connectivity index (χ4n) is 3.28. The molecule has 104 valence electrons. The lowest BCUT2D eigenvalue weighted by Crippen LogP contribution is -2.43. The Morgan fingerprint density at radius 3 is 2.63 bits per heavy atom. The van der Waals surface area contributed by atoms with Crippen LogP contribution in [0, 0.1) is 0 Å². The highest BCUT2D eigenvalue weighted by atomic mass is 15.2. The van der Waals surface area contributed by atoms with Gasteiger partial charge >= 0.3 is 0 Å². The van der Waals surface area contributed by atoms with Crippen LogP contribution in [-0.4, -0.2) is 29.1 Å². The molecule has 1 aliphatic heterocycles. The van der Waals surface area contributed by atoms with Gasteiger partial charge in [0, 0.05) is 31.1 Å². The van der Waals surface area contributed by atoms with Gasteiger partial charge in [-0.05, 0) is 25.7 Å². The Labute approximate surface area is 114 Å². The number of hydrogen-bond donors (Lipinski definition) is 2. The first kappa shape index (κ1) is 12.7. The van der Waals surface area contributed by atoms with Crippen molar-refractivity contribution in [3.8, 4) is 0 Å². The number of nitrogens with zero attached hydrogens (tertiary/aromatic N) is 3. The minimum Gasteiger partial charge on any atom is -0.368 e. The smallest absolute Gasteiger partial charge is 0.222 e. The maximum Gasteiger partial charge on any atom is 0.222 e. The minimum absolute atomic E-state index is 0.250. The zero-order valence-electron chi connectivity index (χ0n) is 11.4. The van der Waals surface area contributed by atoms with E-state index in [4.69, 9.17) is 11.5 Å². The number of rotatable bonds is 2. The van der Waals surface area contributed by atoms with Crippen LogP contribution in [0.3, 0.4) is 0 Å². The van der Waals surface area contributed by atoms with E-state index >= 15 is 0 Å². The molecule has 1 aromatic rings. The fraction of sp³-hybridized carbons (Fsp3) is 0.714. The molecule has 1 saturated carbocycles. The normalized spacial score (nSPS) is 24.9. The Morgan fingerprint density at radius 2 is 1.89 bits per heavy atom. The van der Waals surface area contributed by atoms with Crippen molar-refractivity contribution >= 4 is 11.8 Å². The Kier molecular flexibility index (Phi) is 3.55. The lowest BCUT2D eigenvalue weighted by atomic mass is 10.0. The van der Waals surface area contributed by atoms with E-state index in [1.165, 1.54) is 25.7 Å². The number of nitrogen functional groups attached to an aromatic ring is 1. The SMILES string of the molecule is Nc1nc(C2CCCC2)cc(N2CCCC(N)C2)n1. The zero-order chi connectivity index (χ0) is 13.2. The van der Waals surface area contributed by atoms with Crippen molar-refractivity contribution in [2.75, 3.05) is 23.7 Å². The maximum atomic E-state index is 6.04. The molecule has 1 aliphatic carbocycles. The van der Waals surface area contributed by atoms with Gasteiger partial charge in [0.2, 0.25) is 5.95 Å². The molecule has 1 saturated heterocycles. The molecule has 0 amide bonds.